The third kappa shape index (κ3) is 3.68. The Kier molecular flexibility index (Phi) is 4.98. The monoisotopic (exact) mass is 408 g/mol. The molecule has 0 aliphatic carbocycles. The number of rotatable bonds is 6. The molecule has 0 fully saturated rings. The Hall–Kier alpha value is -3.33. The van der Waals surface area contributed by atoms with Crippen LogP contribution in [0.5, 0.6) is 0 Å². The van der Waals surface area contributed by atoms with Crippen LogP contribution in [0.15, 0.2) is 36.5 Å². The molecule has 3 aromatic heterocycles. The second-order valence-corrected chi connectivity index (χ2v) is 7.87. The van der Waals surface area contributed by atoms with Crippen LogP contribution in [0, 0.1) is 0 Å². The summed E-state index contributed by atoms with van der Waals surface area (Å²) in [6.07, 6.45) is 2.27. The van der Waals surface area contributed by atoms with Gasteiger partial charge in [-0.05, 0) is 18.2 Å². The third-order valence-corrected chi connectivity index (χ3v) is 5.68. The molecule has 0 saturated heterocycles. The molecule has 148 valence electrons. The first-order valence-corrected chi connectivity index (χ1v) is 10.1. The zero-order chi connectivity index (χ0) is 20.5. The SMILES string of the molecule is CCc1nc(Nc2cccc(-c3nnc(C(C)C)s3)c2)c2c(C(=O)O)ccn2n1. The van der Waals surface area contributed by atoms with Crippen molar-refractivity contribution in [1.29, 1.82) is 0 Å². The number of carboxylic acids is 1. The molecule has 0 aliphatic rings. The topological polar surface area (TPSA) is 105 Å². The molecule has 0 amide bonds. The number of fused-ring (bicyclic) bond motifs is 1. The fourth-order valence-electron chi connectivity index (χ4n) is 2.93. The fraction of sp³-hybridized carbons (Fsp3) is 0.250. The Morgan fingerprint density at radius 3 is 2.79 bits per heavy atom. The Balaban J connectivity index is 1.75. The first-order valence-electron chi connectivity index (χ1n) is 9.28. The van der Waals surface area contributed by atoms with Crippen molar-refractivity contribution in [3.63, 3.8) is 0 Å². The van der Waals surface area contributed by atoms with Gasteiger partial charge in [0.25, 0.3) is 0 Å². The Morgan fingerprint density at radius 1 is 1.28 bits per heavy atom. The van der Waals surface area contributed by atoms with E-state index in [0.29, 0.717) is 29.5 Å². The van der Waals surface area contributed by atoms with Crippen molar-refractivity contribution in [2.24, 2.45) is 0 Å². The molecule has 0 saturated carbocycles. The Morgan fingerprint density at radius 2 is 2.10 bits per heavy atom. The Labute approximate surface area is 171 Å². The molecule has 3 heterocycles. The van der Waals surface area contributed by atoms with E-state index < -0.39 is 5.97 Å². The van der Waals surface area contributed by atoms with Crippen molar-refractivity contribution in [2.75, 3.05) is 5.32 Å². The molecule has 9 heteroatoms. The standard InChI is InChI=1S/C20H20N6O2S/c1-4-15-22-17(16-14(20(27)28)8-9-26(16)25-15)21-13-7-5-6-12(10-13)19-24-23-18(29-19)11(2)3/h5-11H,4H2,1-3H3,(H,27,28)(H,21,22,25). The van der Waals surface area contributed by atoms with E-state index in [2.05, 4.69) is 39.4 Å². The van der Waals surface area contributed by atoms with Gasteiger partial charge in [0.15, 0.2) is 11.6 Å². The molecule has 0 spiro atoms. The summed E-state index contributed by atoms with van der Waals surface area (Å²) in [7, 11) is 0. The van der Waals surface area contributed by atoms with Crippen LogP contribution in [0.1, 0.15) is 47.9 Å². The van der Waals surface area contributed by atoms with E-state index in [1.807, 2.05) is 31.2 Å². The number of carbonyl (C=O) groups is 1. The summed E-state index contributed by atoms with van der Waals surface area (Å²) in [4.78, 5) is 16.1. The first-order chi connectivity index (χ1) is 14.0. The quantitative estimate of drug-likeness (QED) is 0.488. The minimum absolute atomic E-state index is 0.150. The molecule has 0 radical (unpaired) electrons. The minimum atomic E-state index is -1.02. The van der Waals surface area contributed by atoms with Crippen LogP contribution in [0.25, 0.3) is 16.1 Å². The zero-order valence-electron chi connectivity index (χ0n) is 16.2. The van der Waals surface area contributed by atoms with Crippen LogP contribution in [-0.2, 0) is 6.42 Å². The molecule has 1 aromatic carbocycles. The van der Waals surface area contributed by atoms with Gasteiger partial charge < -0.3 is 10.4 Å². The smallest absolute Gasteiger partial charge is 0.338 e. The van der Waals surface area contributed by atoms with Crippen molar-refractivity contribution in [3.8, 4) is 10.6 Å². The highest BCUT2D eigenvalue weighted by atomic mass is 32.1. The lowest BCUT2D eigenvalue weighted by Gasteiger charge is -2.10. The number of anilines is 2. The number of carboxylic acid groups (broad SMARTS) is 1. The molecule has 2 N–H and O–H groups in total. The van der Waals surface area contributed by atoms with Crippen LogP contribution >= 0.6 is 11.3 Å². The number of nitrogens with one attached hydrogen (secondary N) is 1. The van der Waals surface area contributed by atoms with E-state index in [-0.39, 0.29) is 5.56 Å². The van der Waals surface area contributed by atoms with Gasteiger partial charge in [-0.1, -0.05) is 44.2 Å². The number of aromatic nitrogens is 5. The largest absolute Gasteiger partial charge is 0.478 e. The van der Waals surface area contributed by atoms with Gasteiger partial charge in [-0.25, -0.2) is 14.3 Å². The molecule has 0 aliphatic heterocycles. The number of aromatic carboxylic acids is 1. The lowest BCUT2D eigenvalue weighted by Crippen LogP contribution is -2.07. The average Bonchev–Trinajstić information content (AvgIpc) is 3.35. The lowest BCUT2D eigenvalue weighted by atomic mass is 10.2. The van der Waals surface area contributed by atoms with E-state index in [4.69, 9.17) is 0 Å². The van der Waals surface area contributed by atoms with Crippen molar-refractivity contribution in [1.82, 2.24) is 24.8 Å². The van der Waals surface area contributed by atoms with Gasteiger partial charge in [-0.3, -0.25) is 0 Å². The predicted molar refractivity (Wildman–Crippen MR) is 112 cm³/mol. The third-order valence-electron chi connectivity index (χ3n) is 4.41. The number of hydrogen-bond acceptors (Lipinski definition) is 7. The van der Waals surface area contributed by atoms with E-state index in [0.717, 1.165) is 21.3 Å². The summed E-state index contributed by atoms with van der Waals surface area (Å²) in [5, 5.41) is 27.5. The van der Waals surface area contributed by atoms with E-state index in [1.54, 1.807) is 22.0 Å². The molecule has 29 heavy (non-hydrogen) atoms. The van der Waals surface area contributed by atoms with Gasteiger partial charge in [-0.2, -0.15) is 5.10 Å². The van der Waals surface area contributed by atoms with Crippen molar-refractivity contribution >= 4 is 34.3 Å². The number of nitrogens with zero attached hydrogens (tertiary/aromatic N) is 5. The summed E-state index contributed by atoms with van der Waals surface area (Å²) in [6.45, 7) is 6.13. The van der Waals surface area contributed by atoms with Gasteiger partial charge in [0.1, 0.15) is 15.5 Å². The van der Waals surface area contributed by atoms with Crippen LogP contribution in [0.4, 0.5) is 11.5 Å². The van der Waals surface area contributed by atoms with Crippen molar-refractivity contribution < 1.29 is 9.90 Å². The average molecular weight is 408 g/mol. The van der Waals surface area contributed by atoms with Gasteiger partial charge in [0, 0.05) is 29.8 Å². The van der Waals surface area contributed by atoms with Crippen molar-refractivity contribution in [3.05, 3.63) is 52.9 Å². The van der Waals surface area contributed by atoms with E-state index in [1.165, 1.54) is 6.07 Å². The zero-order valence-corrected chi connectivity index (χ0v) is 17.1. The molecular weight excluding hydrogens is 388 g/mol. The minimum Gasteiger partial charge on any atom is -0.478 e. The van der Waals surface area contributed by atoms with Crippen LogP contribution in [0.3, 0.4) is 0 Å². The number of hydrogen-bond donors (Lipinski definition) is 2. The summed E-state index contributed by atoms with van der Waals surface area (Å²) in [5.41, 5.74) is 2.30. The molecule has 0 atom stereocenters. The maximum Gasteiger partial charge on any atom is 0.338 e. The fourth-order valence-corrected chi connectivity index (χ4v) is 3.77. The maximum absolute atomic E-state index is 11.6. The number of aryl methyl sites for hydroxylation is 1. The van der Waals surface area contributed by atoms with Crippen LogP contribution < -0.4 is 5.32 Å². The van der Waals surface area contributed by atoms with Gasteiger partial charge in [0.05, 0.1) is 5.56 Å². The van der Waals surface area contributed by atoms with Gasteiger partial charge in [0.2, 0.25) is 0 Å². The van der Waals surface area contributed by atoms with Crippen LogP contribution in [0.2, 0.25) is 0 Å². The summed E-state index contributed by atoms with van der Waals surface area (Å²) >= 11 is 1.57. The Bertz CT molecular complexity index is 1200. The van der Waals surface area contributed by atoms with E-state index >= 15 is 0 Å². The molecule has 4 rings (SSSR count). The molecule has 0 bridgehead atoms. The number of benzene rings is 1. The lowest BCUT2D eigenvalue weighted by molar-refractivity contribution is 0.0699. The maximum atomic E-state index is 11.6. The highest BCUT2D eigenvalue weighted by molar-refractivity contribution is 7.14. The first kappa shape index (κ1) is 19.0. The predicted octanol–water partition coefficient (Wildman–Crippen LogP) is 4.38. The summed E-state index contributed by atoms with van der Waals surface area (Å²) in [5.74, 6) is 0.381. The molecule has 4 aromatic rings. The molecule has 8 nitrogen and oxygen atoms in total. The van der Waals surface area contributed by atoms with Crippen molar-refractivity contribution in [2.45, 2.75) is 33.1 Å². The summed E-state index contributed by atoms with van der Waals surface area (Å²) < 4.78 is 1.56. The highest BCUT2D eigenvalue weighted by Gasteiger charge is 2.17. The second-order valence-electron chi connectivity index (χ2n) is 6.86. The highest BCUT2D eigenvalue weighted by Crippen LogP contribution is 2.30. The molecular formula is C20H20N6O2S. The molecule has 0 unspecified atom stereocenters. The normalized spacial score (nSPS) is 11.3. The second kappa shape index (κ2) is 7.59. The van der Waals surface area contributed by atoms with Gasteiger partial charge in [-0.15, -0.1) is 10.2 Å². The summed E-state index contributed by atoms with van der Waals surface area (Å²) in [6, 6.07) is 9.29. The van der Waals surface area contributed by atoms with Crippen LogP contribution in [-0.4, -0.2) is 35.9 Å². The van der Waals surface area contributed by atoms with Gasteiger partial charge >= 0.3 is 5.97 Å². The van der Waals surface area contributed by atoms with E-state index in [9.17, 15) is 9.90 Å².